The fourth-order valence-corrected chi connectivity index (χ4v) is 2.49. The summed E-state index contributed by atoms with van der Waals surface area (Å²) in [5.74, 6) is -0.0614. The summed E-state index contributed by atoms with van der Waals surface area (Å²) in [4.78, 5) is 13.6. The van der Waals surface area contributed by atoms with E-state index in [0.29, 0.717) is 13.2 Å². The average molecular weight is 359 g/mol. The van der Waals surface area contributed by atoms with E-state index in [1.807, 2.05) is 0 Å². The van der Waals surface area contributed by atoms with Gasteiger partial charge in [0.25, 0.3) is 12.3 Å². The van der Waals surface area contributed by atoms with E-state index in [9.17, 15) is 13.6 Å². The van der Waals surface area contributed by atoms with Crippen LogP contribution in [0.3, 0.4) is 0 Å². The van der Waals surface area contributed by atoms with Crippen LogP contribution in [0.5, 0.6) is 0 Å². The van der Waals surface area contributed by atoms with Crippen LogP contribution in [-0.2, 0) is 14.3 Å². The zero-order valence-electron chi connectivity index (χ0n) is 11.4. The Kier molecular flexibility index (Phi) is 6.77. The molecular weight excluding hydrogens is 338 g/mol. The number of amides is 1. The van der Waals surface area contributed by atoms with Gasteiger partial charge in [-0.1, -0.05) is 0 Å². The van der Waals surface area contributed by atoms with Gasteiger partial charge in [-0.2, -0.15) is 0 Å². The minimum absolute atomic E-state index is 0. The SMILES string of the molecule is Br.CC1OC2(CCN(CCOCC(F)F)CC2)NC1=O. The molecule has 20 heavy (non-hydrogen) atoms. The molecule has 5 nitrogen and oxygen atoms in total. The molecule has 0 aromatic heterocycles. The molecule has 0 bridgehead atoms. The van der Waals surface area contributed by atoms with Crippen molar-refractivity contribution in [3.05, 3.63) is 0 Å². The molecule has 2 aliphatic heterocycles. The normalized spacial score (nSPS) is 25.8. The van der Waals surface area contributed by atoms with E-state index in [1.54, 1.807) is 6.92 Å². The summed E-state index contributed by atoms with van der Waals surface area (Å²) in [6.45, 7) is 3.71. The van der Waals surface area contributed by atoms with Crippen molar-refractivity contribution >= 4 is 22.9 Å². The summed E-state index contributed by atoms with van der Waals surface area (Å²) in [6, 6.07) is 0. The first-order valence-electron chi connectivity index (χ1n) is 6.59. The van der Waals surface area contributed by atoms with E-state index in [1.165, 1.54) is 0 Å². The number of carbonyl (C=O) groups excluding carboxylic acids is 1. The van der Waals surface area contributed by atoms with E-state index in [4.69, 9.17) is 9.47 Å². The van der Waals surface area contributed by atoms with Crippen molar-refractivity contribution in [3.8, 4) is 0 Å². The van der Waals surface area contributed by atoms with Crippen LogP contribution in [-0.4, -0.2) is 61.9 Å². The molecule has 0 radical (unpaired) electrons. The van der Waals surface area contributed by atoms with Crippen LogP contribution in [0.25, 0.3) is 0 Å². The van der Waals surface area contributed by atoms with E-state index in [0.717, 1.165) is 25.9 Å². The Morgan fingerprint density at radius 3 is 2.65 bits per heavy atom. The summed E-state index contributed by atoms with van der Waals surface area (Å²) >= 11 is 0. The van der Waals surface area contributed by atoms with Crippen LogP contribution in [0.15, 0.2) is 0 Å². The lowest BCUT2D eigenvalue weighted by atomic mass is 10.0. The molecule has 2 rings (SSSR count). The lowest BCUT2D eigenvalue weighted by Crippen LogP contribution is -2.52. The molecule has 8 heteroatoms. The van der Waals surface area contributed by atoms with Crippen molar-refractivity contribution < 1.29 is 23.0 Å². The van der Waals surface area contributed by atoms with Crippen LogP contribution >= 0.6 is 17.0 Å². The van der Waals surface area contributed by atoms with E-state index < -0.39 is 18.8 Å². The summed E-state index contributed by atoms with van der Waals surface area (Å²) < 4.78 is 34.3. The number of alkyl halides is 2. The Morgan fingerprint density at radius 2 is 2.15 bits per heavy atom. The summed E-state index contributed by atoms with van der Waals surface area (Å²) in [5, 5.41) is 2.90. The van der Waals surface area contributed by atoms with Gasteiger partial charge in [0, 0.05) is 32.5 Å². The zero-order valence-corrected chi connectivity index (χ0v) is 13.2. The largest absolute Gasteiger partial charge is 0.374 e. The van der Waals surface area contributed by atoms with Gasteiger partial charge in [0.05, 0.1) is 6.61 Å². The number of nitrogens with zero attached hydrogens (tertiary/aromatic N) is 1. The highest BCUT2D eigenvalue weighted by Crippen LogP contribution is 2.29. The predicted octanol–water partition coefficient (Wildman–Crippen LogP) is 1.17. The Labute approximate surface area is 127 Å². The molecule has 1 amide bonds. The monoisotopic (exact) mass is 358 g/mol. The van der Waals surface area contributed by atoms with E-state index in [2.05, 4.69) is 10.2 Å². The van der Waals surface area contributed by atoms with E-state index in [-0.39, 0.29) is 29.0 Å². The maximum atomic E-state index is 11.9. The fourth-order valence-electron chi connectivity index (χ4n) is 2.49. The predicted molar refractivity (Wildman–Crippen MR) is 74.2 cm³/mol. The standard InChI is InChI=1S/C12H20F2N2O3.BrH/c1-9-11(17)15-12(19-9)2-4-16(5-3-12)6-7-18-8-10(13)14;/h9-10H,2-8H2,1H3,(H,15,17);1H. The van der Waals surface area contributed by atoms with Gasteiger partial charge >= 0.3 is 0 Å². The maximum absolute atomic E-state index is 11.9. The molecule has 0 aromatic carbocycles. The highest BCUT2D eigenvalue weighted by atomic mass is 79.9. The molecule has 1 unspecified atom stereocenters. The van der Waals surface area contributed by atoms with Gasteiger partial charge in [-0.25, -0.2) is 8.78 Å². The van der Waals surface area contributed by atoms with Gasteiger partial charge in [0.1, 0.15) is 18.4 Å². The number of piperidine rings is 1. The number of carbonyl (C=O) groups is 1. The molecular formula is C12H21BrF2N2O3. The molecule has 0 aliphatic carbocycles. The molecule has 0 saturated carbocycles. The van der Waals surface area contributed by atoms with Crippen LogP contribution in [0.1, 0.15) is 19.8 Å². The van der Waals surface area contributed by atoms with Gasteiger partial charge in [0.2, 0.25) is 0 Å². The van der Waals surface area contributed by atoms with Gasteiger partial charge in [0.15, 0.2) is 0 Å². The highest BCUT2D eigenvalue weighted by Gasteiger charge is 2.44. The third-order valence-electron chi connectivity index (χ3n) is 3.58. The van der Waals surface area contributed by atoms with Crippen molar-refractivity contribution in [1.29, 1.82) is 0 Å². The minimum Gasteiger partial charge on any atom is -0.374 e. The van der Waals surface area contributed by atoms with Gasteiger partial charge in [-0.15, -0.1) is 17.0 Å². The molecule has 2 fully saturated rings. The number of hydrogen-bond donors (Lipinski definition) is 1. The number of ether oxygens (including phenoxy) is 2. The minimum atomic E-state index is -2.41. The van der Waals surface area contributed by atoms with Gasteiger partial charge in [-0.3, -0.25) is 4.79 Å². The summed E-state index contributed by atoms with van der Waals surface area (Å²) in [7, 11) is 0. The quantitative estimate of drug-likeness (QED) is 0.749. The summed E-state index contributed by atoms with van der Waals surface area (Å²) in [5.41, 5.74) is -0.517. The second-order valence-electron chi connectivity index (χ2n) is 5.05. The number of halogens is 3. The molecule has 2 saturated heterocycles. The van der Waals surface area contributed by atoms with Crippen molar-refractivity contribution in [3.63, 3.8) is 0 Å². The second-order valence-corrected chi connectivity index (χ2v) is 5.05. The van der Waals surface area contributed by atoms with Crippen LogP contribution < -0.4 is 5.32 Å². The Hall–Kier alpha value is -0.310. The molecule has 2 aliphatic rings. The van der Waals surface area contributed by atoms with Crippen LogP contribution in [0.4, 0.5) is 8.78 Å². The first-order chi connectivity index (χ1) is 9.01. The third-order valence-corrected chi connectivity index (χ3v) is 3.58. The smallest absolute Gasteiger partial charge is 0.261 e. The lowest BCUT2D eigenvalue weighted by molar-refractivity contribution is -0.123. The van der Waals surface area contributed by atoms with Crippen LogP contribution in [0, 0.1) is 0 Å². The molecule has 2 heterocycles. The van der Waals surface area contributed by atoms with Crippen molar-refractivity contribution in [2.24, 2.45) is 0 Å². The Morgan fingerprint density at radius 1 is 1.50 bits per heavy atom. The van der Waals surface area contributed by atoms with Gasteiger partial charge in [-0.05, 0) is 6.92 Å². The molecule has 0 aromatic rings. The molecule has 118 valence electrons. The number of nitrogens with one attached hydrogen (secondary N) is 1. The first kappa shape index (κ1) is 17.7. The van der Waals surface area contributed by atoms with E-state index >= 15 is 0 Å². The maximum Gasteiger partial charge on any atom is 0.261 e. The zero-order chi connectivity index (χ0) is 13.9. The Bertz CT molecular complexity index is 326. The lowest BCUT2D eigenvalue weighted by Gasteiger charge is -2.38. The number of hydrogen-bond acceptors (Lipinski definition) is 4. The van der Waals surface area contributed by atoms with Crippen molar-refractivity contribution in [2.45, 2.75) is 38.0 Å². The Balaban J connectivity index is 0.00000200. The van der Waals surface area contributed by atoms with Crippen LogP contribution in [0.2, 0.25) is 0 Å². The number of likely N-dealkylation sites (tertiary alicyclic amines) is 1. The second kappa shape index (κ2) is 7.63. The molecule has 1 atom stereocenters. The third kappa shape index (κ3) is 4.61. The average Bonchev–Trinajstić information content (AvgIpc) is 2.62. The first-order valence-corrected chi connectivity index (χ1v) is 6.59. The summed E-state index contributed by atoms with van der Waals surface area (Å²) in [6.07, 6.45) is -1.36. The van der Waals surface area contributed by atoms with Crippen molar-refractivity contribution in [2.75, 3.05) is 32.8 Å². The highest BCUT2D eigenvalue weighted by molar-refractivity contribution is 8.93. The number of rotatable bonds is 5. The van der Waals surface area contributed by atoms with Gasteiger partial charge < -0.3 is 19.7 Å². The van der Waals surface area contributed by atoms with Crippen molar-refractivity contribution in [1.82, 2.24) is 10.2 Å². The molecule has 1 spiro atoms. The fraction of sp³-hybridized carbons (Fsp3) is 0.917. The molecule has 1 N–H and O–H groups in total. The topological polar surface area (TPSA) is 50.8 Å².